The van der Waals surface area contributed by atoms with Crippen molar-refractivity contribution in [3.05, 3.63) is 36.5 Å². The fourth-order valence-corrected chi connectivity index (χ4v) is 9.92. The van der Waals surface area contributed by atoms with Crippen LogP contribution in [0.4, 0.5) is 0 Å². The Balaban J connectivity index is 5.00. The Kier molecular flexibility index (Phi) is 52.3. The number of hydrogen-bond acceptors (Lipinski definition) is 7. The lowest BCUT2D eigenvalue weighted by Gasteiger charge is -2.30. The van der Waals surface area contributed by atoms with E-state index in [0.717, 1.165) is 64.2 Å². The molecule has 0 aromatic rings. The van der Waals surface area contributed by atoms with Crippen molar-refractivity contribution in [1.82, 2.24) is 5.32 Å². The van der Waals surface area contributed by atoms with Crippen LogP contribution >= 0.6 is 7.82 Å². The van der Waals surface area contributed by atoms with E-state index in [4.69, 9.17) is 13.8 Å². The molecule has 0 rings (SSSR count). The number of nitrogens with zero attached hydrogens (tertiary/aromatic N) is 1. The Morgan fingerprint density at radius 1 is 0.479 bits per heavy atom. The summed E-state index contributed by atoms with van der Waals surface area (Å²) < 4.78 is 30.3. The van der Waals surface area contributed by atoms with E-state index in [1.807, 2.05) is 33.3 Å². The number of likely N-dealkylation sites (N-methyl/N-ethyl adjacent to an activating group) is 1. The molecule has 3 atom stereocenters. The number of ether oxygens (including phenoxy) is 1. The number of esters is 1. The van der Waals surface area contributed by atoms with Crippen LogP contribution in [-0.4, -0.2) is 69.4 Å². The molecule has 10 heteroatoms. The van der Waals surface area contributed by atoms with E-state index < -0.39 is 20.0 Å². The minimum atomic E-state index is -4.69. The summed E-state index contributed by atoms with van der Waals surface area (Å²) in [6.07, 6.45) is 64.1. The quantitative estimate of drug-likeness (QED) is 0.0212. The highest BCUT2D eigenvalue weighted by atomic mass is 31.2. The molecule has 0 aromatic carbocycles. The van der Waals surface area contributed by atoms with Crippen molar-refractivity contribution in [3.8, 4) is 0 Å². The summed E-state index contributed by atoms with van der Waals surface area (Å²) in [6.45, 7) is 6.83. The van der Waals surface area contributed by atoms with Gasteiger partial charge in [0.25, 0.3) is 7.82 Å². The molecule has 0 saturated heterocycles. The summed E-state index contributed by atoms with van der Waals surface area (Å²) in [7, 11) is 1.20. The molecular formula is C63H121N2O7P. The molecule has 0 heterocycles. The lowest BCUT2D eigenvalue weighted by atomic mass is 10.0. The van der Waals surface area contributed by atoms with Crippen molar-refractivity contribution in [3.63, 3.8) is 0 Å². The summed E-state index contributed by atoms with van der Waals surface area (Å²) in [4.78, 5) is 39.8. The van der Waals surface area contributed by atoms with Crippen molar-refractivity contribution in [2.24, 2.45) is 0 Å². The highest BCUT2D eigenvalue weighted by molar-refractivity contribution is 7.45. The number of phosphoric ester groups is 1. The van der Waals surface area contributed by atoms with E-state index in [1.54, 1.807) is 0 Å². The van der Waals surface area contributed by atoms with Gasteiger partial charge < -0.3 is 28.5 Å². The van der Waals surface area contributed by atoms with Crippen LogP contribution in [-0.2, 0) is 27.9 Å². The number of phosphoric acid groups is 1. The van der Waals surface area contributed by atoms with Crippen molar-refractivity contribution in [1.29, 1.82) is 0 Å². The van der Waals surface area contributed by atoms with Gasteiger partial charge in [0, 0.05) is 12.8 Å². The molecule has 0 fully saturated rings. The van der Waals surface area contributed by atoms with E-state index in [0.29, 0.717) is 17.4 Å². The van der Waals surface area contributed by atoms with Crippen LogP contribution in [0, 0.1) is 0 Å². The average Bonchev–Trinajstić information content (AvgIpc) is 3.35. The van der Waals surface area contributed by atoms with Crippen LogP contribution in [0.5, 0.6) is 0 Å². The van der Waals surface area contributed by atoms with E-state index in [2.05, 4.69) is 50.4 Å². The highest BCUT2D eigenvalue weighted by Crippen LogP contribution is 2.38. The number of carbonyl (C=O) groups excluding carboxylic acids is 2. The Morgan fingerprint density at radius 3 is 1.26 bits per heavy atom. The summed E-state index contributed by atoms with van der Waals surface area (Å²) in [5.41, 5.74) is 0. The standard InChI is InChI=1S/C63H121N2O7P/c1-7-10-13-16-19-22-25-26-27-28-29-30-31-32-33-34-35-36-37-38-41-44-47-50-53-56-63(67)72-61(54-51-48-45-42-39-23-20-17-14-11-8-2)60(59-71-73(68,69)70-58-57-65(4,5)6)64-62(66)55-52-49-46-43-40-24-21-18-15-12-9-3/h19,22,26-27,51,54,60-61H,7-18,20-21,23-25,28-50,52-53,55-59H2,1-6H3,(H-,64,66,68,69)/b22-19-,27-26-,54-51-. The van der Waals surface area contributed by atoms with Gasteiger partial charge in [0.2, 0.25) is 5.91 Å². The minimum absolute atomic E-state index is 0.0194. The lowest BCUT2D eigenvalue weighted by Crippen LogP contribution is -2.47. The van der Waals surface area contributed by atoms with Gasteiger partial charge in [-0.05, 0) is 63.9 Å². The molecule has 3 unspecified atom stereocenters. The van der Waals surface area contributed by atoms with Crippen LogP contribution in [0.3, 0.4) is 0 Å². The zero-order valence-electron chi connectivity index (χ0n) is 49.1. The third-order valence-electron chi connectivity index (χ3n) is 14.1. The second-order valence-electron chi connectivity index (χ2n) is 22.6. The van der Waals surface area contributed by atoms with Gasteiger partial charge in [-0.15, -0.1) is 0 Å². The molecule has 0 bridgehead atoms. The van der Waals surface area contributed by atoms with Gasteiger partial charge in [-0.2, -0.15) is 0 Å². The van der Waals surface area contributed by atoms with E-state index in [1.165, 1.54) is 205 Å². The Hall–Kier alpha value is -1.77. The van der Waals surface area contributed by atoms with Crippen molar-refractivity contribution in [2.45, 2.75) is 315 Å². The molecule has 0 aliphatic rings. The molecule has 430 valence electrons. The molecule has 0 aliphatic heterocycles. The predicted octanol–water partition coefficient (Wildman–Crippen LogP) is 18.5. The molecule has 73 heavy (non-hydrogen) atoms. The van der Waals surface area contributed by atoms with Crippen molar-refractivity contribution >= 4 is 19.7 Å². The first-order valence-electron chi connectivity index (χ1n) is 31.3. The second kappa shape index (κ2) is 53.6. The molecule has 0 aromatic heterocycles. The first kappa shape index (κ1) is 71.2. The summed E-state index contributed by atoms with van der Waals surface area (Å²) in [5, 5.41) is 3.02. The van der Waals surface area contributed by atoms with Crippen LogP contribution in [0.25, 0.3) is 0 Å². The molecule has 0 radical (unpaired) electrons. The average molecular weight is 1050 g/mol. The van der Waals surface area contributed by atoms with Crippen molar-refractivity contribution in [2.75, 3.05) is 40.9 Å². The van der Waals surface area contributed by atoms with E-state index in [9.17, 15) is 19.0 Å². The monoisotopic (exact) mass is 1050 g/mol. The van der Waals surface area contributed by atoms with Gasteiger partial charge in [0.05, 0.1) is 33.8 Å². The Morgan fingerprint density at radius 2 is 0.836 bits per heavy atom. The Labute approximate surface area is 453 Å². The van der Waals surface area contributed by atoms with Gasteiger partial charge in [0.1, 0.15) is 19.3 Å². The maximum absolute atomic E-state index is 13.5. The van der Waals surface area contributed by atoms with Crippen LogP contribution in [0.2, 0.25) is 0 Å². The molecular weight excluding hydrogens is 928 g/mol. The summed E-state index contributed by atoms with van der Waals surface area (Å²) >= 11 is 0. The normalized spacial score (nSPS) is 13.9. The van der Waals surface area contributed by atoms with Crippen LogP contribution in [0.1, 0.15) is 303 Å². The first-order valence-corrected chi connectivity index (χ1v) is 32.8. The molecule has 0 aliphatic carbocycles. The number of allylic oxidation sites excluding steroid dienone is 5. The molecule has 9 nitrogen and oxygen atoms in total. The number of nitrogens with one attached hydrogen (secondary N) is 1. The second-order valence-corrected chi connectivity index (χ2v) is 24.0. The van der Waals surface area contributed by atoms with E-state index in [-0.39, 0.29) is 31.5 Å². The largest absolute Gasteiger partial charge is 0.756 e. The lowest BCUT2D eigenvalue weighted by molar-refractivity contribution is -0.870. The number of amides is 1. The predicted molar refractivity (Wildman–Crippen MR) is 312 cm³/mol. The summed E-state index contributed by atoms with van der Waals surface area (Å²) in [6, 6.07) is -0.881. The van der Waals surface area contributed by atoms with Gasteiger partial charge in [0.15, 0.2) is 0 Å². The van der Waals surface area contributed by atoms with Gasteiger partial charge in [-0.25, -0.2) is 0 Å². The maximum atomic E-state index is 13.5. The number of rotatable bonds is 57. The van der Waals surface area contributed by atoms with Gasteiger partial charge in [-0.1, -0.05) is 263 Å². The number of carbonyl (C=O) groups is 2. The number of quaternary nitrogens is 1. The highest BCUT2D eigenvalue weighted by Gasteiger charge is 2.27. The number of hydrogen-bond donors (Lipinski definition) is 1. The van der Waals surface area contributed by atoms with Crippen LogP contribution in [0.15, 0.2) is 36.5 Å². The van der Waals surface area contributed by atoms with Crippen LogP contribution < -0.4 is 10.2 Å². The zero-order valence-corrected chi connectivity index (χ0v) is 50.0. The van der Waals surface area contributed by atoms with Gasteiger partial charge >= 0.3 is 5.97 Å². The third kappa shape index (κ3) is 54.8. The fourth-order valence-electron chi connectivity index (χ4n) is 9.20. The number of unbranched alkanes of at least 4 members (excludes halogenated alkanes) is 37. The first-order chi connectivity index (χ1) is 35.4. The molecule has 0 saturated carbocycles. The maximum Gasteiger partial charge on any atom is 0.306 e. The fraction of sp³-hybridized carbons (Fsp3) is 0.873. The van der Waals surface area contributed by atoms with Gasteiger partial charge in [-0.3, -0.25) is 14.2 Å². The SMILES string of the molecule is CCCCC/C=C\C/C=C\CCCCCCCCCCCCCCCCCC(=O)OC(/C=C\CCCCCCCCCCC)C(COP(=O)([O-])OCC[N+](C)(C)C)NC(=O)CCCCCCCCCCCCC. The molecule has 1 amide bonds. The zero-order chi connectivity index (χ0) is 53.6. The third-order valence-corrected chi connectivity index (χ3v) is 15.0. The summed E-state index contributed by atoms with van der Waals surface area (Å²) in [5.74, 6) is -0.530. The van der Waals surface area contributed by atoms with Crippen molar-refractivity contribution < 1.29 is 37.3 Å². The minimum Gasteiger partial charge on any atom is -0.756 e. The molecule has 1 N–H and O–H groups in total. The van der Waals surface area contributed by atoms with E-state index >= 15 is 0 Å². The smallest absolute Gasteiger partial charge is 0.306 e. The Bertz CT molecular complexity index is 1350. The topological polar surface area (TPSA) is 114 Å². The molecule has 0 spiro atoms.